The third-order valence-corrected chi connectivity index (χ3v) is 2.83. The van der Waals surface area contributed by atoms with Crippen LogP contribution in [0, 0.1) is 0 Å². The van der Waals surface area contributed by atoms with E-state index in [4.69, 9.17) is 22.2 Å². The summed E-state index contributed by atoms with van der Waals surface area (Å²) in [5, 5.41) is 0. The molecule has 7 heavy (non-hydrogen) atoms. The van der Waals surface area contributed by atoms with Gasteiger partial charge < -0.3 is 8.23 Å². The molecule has 0 aromatic heterocycles. The zero-order valence-electron chi connectivity index (χ0n) is 3.07. The van der Waals surface area contributed by atoms with Crippen molar-refractivity contribution in [1.29, 1.82) is 0 Å². The molecule has 7 heteroatoms. The van der Waals surface area contributed by atoms with Gasteiger partial charge in [-0.1, -0.05) is 0 Å². The molecule has 38 valence electrons. The van der Waals surface area contributed by atoms with E-state index < -0.39 is 0 Å². The first kappa shape index (κ1) is 8.15. The maximum Gasteiger partial charge on any atom is 0.411 e. The van der Waals surface area contributed by atoms with Gasteiger partial charge >= 0.3 is 28.2 Å². The first-order valence-electron chi connectivity index (χ1n) is 1.19. The molecular formula is Cl2O2Si3. The molecule has 0 aliphatic rings. The van der Waals surface area contributed by atoms with Crippen molar-refractivity contribution in [1.82, 2.24) is 0 Å². The van der Waals surface area contributed by atoms with Crippen molar-refractivity contribution in [3.63, 3.8) is 0 Å². The second-order valence-corrected chi connectivity index (χ2v) is 3.48. The summed E-state index contributed by atoms with van der Waals surface area (Å²) < 4.78 is 9.19. The van der Waals surface area contributed by atoms with Crippen LogP contribution >= 0.6 is 22.2 Å². The van der Waals surface area contributed by atoms with Crippen molar-refractivity contribution in [3.8, 4) is 0 Å². The molecule has 0 saturated heterocycles. The van der Waals surface area contributed by atoms with Crippen molar-refractivity contribution in [3.05, 3.63) is 0 Å². The van der Waals surface area contributed by atoms with Gasteiger partial charge in [0.25, 0.3) is 0 Å². The van der Waals surface area contributed by atoms with Gasteiger partial charge in [-0.15, -0.1) is 22.2 Å². The summed E-state index contributed by atoms with van der Waals surface area (Å²) in [5.41, 5.74) is 0. The van der Waals surface area contributed by atoms with Gasteiger partial charge in [0.2, 0.25) is 0 Å². The van der Waals surface area contributed by atoms with Gasteiger partial charge in [0, 0.05) is 0 Å². The Hall–Kier alpha value is 1.15. The molecule has 0 bridgehead atoms. The number of halogens is 2. The van der Waals surface area contributed by atoms with E-state index in [-0.39, 0.29) is 28.2 Å². The zero-order valence-corrected chi connectivity index (χ0v) is 7.58. The molecule has 0 aromatic carbocycles. The van der Waals surface area contributed by atoms with Crippen LogP contribution in [0.4, 0.5) is 0 Å². The number of rotatable bonds is 4. The largest absolute Gasteiger partial charge is 0.422 e. The molecule has 6 radical (unpaired) electrons. The van der Waals surface area contributed by atoms with Crippen molar-refractivity contribution in [2.24, 2.45) is 0 Å². The van der Waals surface area contributed by atoms with E-state index >= 15 is 0 Å². The first-order valence-corrected chi connectivity index (χ1v) is 5.85. The molecule has 0 heterocycles. The van der Waals surface area contributed by atoms with E-state index in [1.807, 2.05) is 0 Å². The van der Waals surface area contributed by atoms with Crippen LogP contribution in [0.3, 0.4) is 0 Å². The zero-order chi connectivity index (χ0) is 5.54. The highest BCUT2D eigenvalue weighted by Gasteiger charge is 1.89. The van der Waals surface area contributed by atoms with Crippen LogP contribution in [0.15, 0.2) is 0 Å². The summed E-state index contributed by atoms with van der Waals surface area (Å²) in [6, 6.07) is 0. The predicted molar refractivity (Wildman–Crippen MR) is 31.1 cm³/mol. The molecule has 0 rings (SSSR count). The molecule has 2 nitrogen and oxygen atoms in total. The molecule has 0 spiro atoms. The van der Waals surface area contributed by atoms with E-state index in [9.17, 15) is 0 Å². The smallest absolute Gasteiger partial charge is 0.411 e. The van der Waals surface area contributed by atoms with Crippen LogP contribution < -0.4 is 0 Å². The summed E-state index contributed by atoms with van der Waals surface area (Å²) in [7, 11) is -0.0610. The third kappa shape index (κ3) is 7.15. The van der Waals surface area contributed by atoms with Crippen molar-refractivity contribution >= 4 is 50.3 Å². The van der Waals surface area contributed by atoms with Crippen LogP contribution in [-0.4, -0.2) is 28.2 Å². The summed E-state index contributed by atoms with van der Waals surface area (Å²) in [4.78, 5) is 0. The highest BCUT2D eigenvalue weighted by atomic mass is 35.6. The average molecular weight is 187 g/mol. The maximum absolute atomic E-state index is 5.13. The van der Waals surface area contributed by atoms with E-state index in [1.165, 1.54) is 0 Å². The van der Waals surface area contributed by atoms with Gasteiger partial charge in [-0.05, 0) is 0 Å². The van der Waals surface area contributed by atoms with Crippen molar-refractivity contribution in [2.75, 3.05) is 0 Å². The van der Waals surface area contributed by atoms with Gasteiger partial charge in [0.15, 0.2) is 0 Å². The lowest BCUT2D eigenvalue weighted by molar-refractivity contribution is 0.507. The minimum atomic E-state index is -0.0270. The molecule has 0 saturated carbocycles. The Kier molecular flexibility index (Phi) is 8.33. The third-order valence-electron chi connectivity index (χ3n) is 0.160. The van der Waals surface area contributed by atoms with Gasteiger partial charge in [0.1, 0.15) is 0 Å². The van der Waals surface area contributed by atoms with E-state index in [1.54, 1.807) is 0 Å². The van der Waals surface area contributed by atoms with E-state index in [0.29, 0.717) is 0 Å². The van der Waals surface area contributed by atoms with Crippen LogP contribution in [0.1, 0.15) is 0 Å². The lowest BCUT2D eigenvalue weighted by Gasteiger charge is -1.89. The predicted octanol–water partition coefficient (Wildman–Crippen LogP) is 0.0998. The van der Waals surface area contributed by atoms with E-state index in [2.05, 4.69) is 8.23 Å². The monoisotopic (exact) mass is 186 g/mol. The highest BCUT2D eigenvalue weighted by molar-refractivity contribution is 6.93. The Morgan fingerprint density at radius 3 is 1.71 bits per heavy atom. The first-order chi connectivity index (χ1) is 3.41. The Labute approximate surface area is 58.8 Å². The lowest BCUT2D eigenvalue weighted by Crippen LogP contribution is -2.04. The summed E-state index contributed by atoms with van der Waals surface area (Å²) in [5.74, 6) is 0. The fraction of sp³-hybridized carbons (Fsp3) is 0. The van der Waals surface area contributed by atoms with Crippen LogP contribution in [0.25, 0.3) is 0 Å². The standard InChI is InChI=1S/Cl2O2Si3/c1-5-3-7-4-6-2. The summed E-state index contributed by atoms with van der Waals surface area (Å²) in [6.07, 6.45) is 0. The fourth-order valence-electron chi connectivity index (χ4n) is 0.0523. The van der Waals surface area contributed by atoms with E-state index in [0.717, 1.165) is 0 Å². The van der Waals surface area contributed by atoms with Gasteiger partial charge in [0.05, 0.1) is 0 Å². The molecule has 0 N–H and O–H groups in total. The molecular weight excluding hydrogens is 187 g/mol. The van der Waals surface area contributed by atoms with Crippen LogP contribution in [-0.2, 0) is 8.23 Å². The quantitative estimate of drug-likeness (QED) is 0.353. The van der Waals surface area contributed by atoms with Crippen molar-refractivity contribution in [2.45, 2.75) is 0 Å². The molecule has 0 aromatic rings. The summed E-state index contributed by atoms with van der Waals surface area (Å²) >= 11 is 10.3. The molecule has 0 unspecified atom stereocenters. The van der Waals surface area contributed by atoms with Crippen LogP contribution in [0.2, 0.25) is 0 Å². The lowest BCUT2D eigenvalue weighted by atomic mass is 15.8. The fourth-order valence-corrected chi connectivity index (χ4v) is 1.41. The Balaban J connectivity index is 2.45. The molecule has 0 amide bonds. The maximum atomic E-state index is 5.13. The second kappa shape index (κ2) is 7.15. The SMILES string of the molecule is Cl[Si]O[Si]O[Si]Cl. The number of hydrogen-bond donors (Lipinski definition) is 0. The Morgan fingerprint density at radius 2 is 1.43 bits per heavy atom. The molecule has 0 fully saturated rings. The molecule has 0 atom stereocenters. The minimum absolute atomic E-state index is 0.00694. The topological polar surface area (TPSA) is 18.5 Å². The Bertz CT molecular complexity index is 30.1. The van der Waals surface area contributed by atoms with Gasteiger partial charge in [-0.3, -0.25) is 0 Å². The summed E-state index contributed by atoms with van der Waals surface area (Å²) in [6.45, 7) is 0. The average Bonchev–Trinajstić information content (AvgIpc) is 1.69. The van der Waals surface area contributed by atoms with Crippen LogP contribution in [0.5, 0.6) is 0 Å². The normalized spacial score (nSPS) is 9.43. The molecule has 0 aliphatic carbocycles. The Morgan fingerprint density at radius 1 is 1.00 bits per heavy atom. The van der Waals surface area contributed by atoms with Crippen molar-refractivity contribution < 1.29 is 8.23 Å². The highest BCUT2D eigenvalue weighted by Crippen LogP contribution is 1.74. The second-order valence-electron chi connectivity index (χ2n) is 0.442. The van der Waals surface area contributed by atoms with Gasteiger partial charge in [-0.2, -0.15) is 0 Å². The number of hydrogen-bond acceptors (Lipinski definition) is 2. The minimum Gasteiger partial charge on any atom is -0.422 e. The van der Waals surface area contributed by atoms with Gasteiger partial charge in [-0.25, -0.2) is 0 Å². The molecule has 0 aliphatic heterocycles.